The fourth-order valence-corrected chi connectivity index (χ4v) is 2.05. The number of hydrogen-bond donors (Lipinski definition) is 2. The molecule has 0 radical (unpaired) electrons. The van der Waals surface area contributed by atoms with Crippen LogP contribution < -0.4 is 15.4 Å². The number of amides is 2. The van der Waals surface area contributed by atoms with E-state index in [2.05, 4.69) is 10.6 Å². The number of carbonyl (C=O) groups excluding carboxylic acids is 2. The van der Waals surface area contributed by atoms with Crippen LogP contribution in [0, 0.1) is 12.3 Å². The highest BCUT2D eigenvalue weighted by molar-refractivity contribution is 5.95. The van der Waals surface area contributed by atoms with Crippen LogP contribution in [0.15, 0.2) is 48.5 Å². The van der Waals surface area contributed by atoms with Gasteiger partial charge >= 0.3 is 0 Å². The molecule has 0 fully saturated rings. The van der Waals surface area contributed by atoms with Gasteiger partial charge in [0.25, 0.3) is 0 Å². The summed E-state index contributed by atoms with van der Waals surface area (Å²) in [7, 11) is 0. The second kappa shape index (κ2) is 7.83. The van der Waals surface area contributed by atoms with Gasteiger partial charge in [0.15, 0.2) is 0 Å². The number of ether oxygens (including phenoxy) is 1. The van der Waals surface area contributed by atoms with Gasteiger partial charge in [-0.2, -0.15) is 0 Å². The number of anilines is 1. The third kappa shape index (κ3) is 5.95. The van der Waals surface area contributed by atoms with Gasteiger partial charge in [0.2, 0.25) is 11.8 Å². The van der Waals surface area contributed by atoms with Gasteiger partial charge in [0, 0.05) is 11.1 Å². The van der Waals surface area contributed by atoms with E-state index in [1.54, 1.807) is 45.0 Å². The Balaban J connectivity index is 1.87. The van der Waals surface area contributed by atoms with E-state index < -0.39 is 5.41 Å². The maximum atomic E-state index is 11.9. The van der Waals surface area contributed by atoms with Crippen LogP contribution >= 0.6 is 0 Å². The zero-order chi connectivity index (χ0) is 18.4. The zero-order valence-electron chi connectivity index (χ0n) is 15.1. The molecular weight excluding hydrogens is 316 g/mol. The largest absolute Gasteiger partial charge is 0.457 e. The summed E-state index contributed by atoms with van der Waals surface area (Å²) in [4.78, 5) is 23.7. The Labute approximate surface area is 148 Å². The van der Waals surface area contributed by atoms with Crippen LogP contribution in [0.25, 0.3) is 0 Å². The Hall–Kier alpha value is -2.82. The zero-order valence-corrected chi connectivity index (χ0v) is 15.1. The van der Waals surface area contributed by atoms with Crippen LogP contribution in [-0.2, 0) is 9.59 Å². The minimum Gasteiger partial charge on any atom is -0.457 e. The molecule has 0 aromatic heterocycles. The minimum atomic E-state index is -0.519. The molecular formula is C20H24N2O3. The van der Waals surface area contributed by atoms with Crippen molar-refractivity contribution in [1.29, 1.82) is 0 Å². The lowest BCUT2D eigenvalue weighted by Gasteiger charge is -2.17. The number of hydrogen-bond acceptors (Lipinski definition) is 3. The number of benzene rings is 2. The Morgan fingerprint density at radius 2 is 1.68 bits per heavy atom. The SMILES string of the molecule is Cc1cccc(Oc2ccc(NC(=O)CNC(=O)C(C)(C)C)cc2)c1. The molecule has 5 heteroatoms. The van der Waals surface area contributed by atoms with Crippen molar-refractivity contribution in [3.63, 3.8) is 0 Å². The minimum absolute atomic E-state index is 0.0579. The molecule has 0 spiro atoms. The van der Waals surface area contributed by atoms with E-state index in [4.69, 9.17) is 4.74 Å². The summed E-state index contributed by atoms with van der Waals surface area (Å²) < 4.78 is 5.77. The van der Waals surface area contributed by atoms with Crippen LogP contribution in [0.5, 0.6) is 11.5 Å². The highest BCUT2D eigenvalue weighted by Gasteiger charge is 2.21. The lowest BCUT2D eigenvalue weighted by Crippen LogP contribution is -2.39. The van der Waals surface area contributed by atoms with Crippen molar-refractivity contribution in [3.8, 4) is 11.5 Å². The summed E-state index contributed by atoms with van der Waals surface area (Å²) in [6, 6.07) is 14.9. The molecule has 25 heavy (non-hydrogen) atoms. The van der Waals surface area contributed by atoms with Crippen molar-refractivity contribution in [3.05, 3.63) is 54.1 Å². The van der Waals surface area contributed by atoms with Crippen molar-refractivity contribution in [1.82, 2.24) is 5.32 Å². The van der Waals surface area contributed by atoms with Gasteiger partial charge in [-0.1, -0.05) is 32.9 Å². The Morgan fingerprint density at radius 1 is 1.00 bits per heavy atom. The van der Waals surface area contributed by atoms with Gasteiger partial charge in [-0.25, -0.2) is 0 Å². The average molecular weight is 340 g/mol. The first-order valence-corrected chi connectivity index (χ1v) is 8.17. The van der Waals surface area contributed by atoms with Gasteiger partial charge in [0.05, 0.1) is 6.54 Å². The lowest BCUT2D eigenvalue weighted by molar-refractivity contribution is -0.130. The van der Waals surface area contributed by atoms with Gasteiger partial charge in [0.1, 0.15) is 11.5 Å². The molecule has 0 heterocycles. The second-order valence-corrected chi connectivity index (χ2v) is 6.92. The van der Waals surface area contributed by atoms with Crippen molar-refractivity contribution in [2.24, 2.45) is 5.41 Å². The van der Waals surface area contributed by atoms with Gasteiger partial charge in [-0.3, -0.25) is 9.59 Å². The van der Waals surface area contributed by atoms with E-state index in [1.807, 2.05) is 31.2 Å². The number of carbonyl (C=O) groups is 2. The summed E-state index contributed by atoms with van der Waals surface area (Å²) in [6.45, 7) is 7.34. The summed E-state index contributed by atoms with van der Waals surface area (Å²) >= 11 is 0. The Kier molecular flexibility index (Phi) is 5.80. The molecule has 2 N–H and O–H groups in total. The van der Waals surface area contributed by atoms with E-state index >= 15 is 0 Å². The molecule has 0 saturated heterocycles. The maximum absolute atomic E-state index is 11.9. The summed E-state index contributed by atoms with van der Waals surface area (Å²) in [6.07, 6.45) is 0. The normalized spacial score (nSPS) is 10.9. The molecule has 0 aliphatic carbocycles. The molecule has 0 atom stereocenters. The molecule has 5 nitrogen and oxygen atoms in total. The molecule has 0 unspecified atom stereocenters. The van der Waals surface area contributed by atoms with E-state index in [1.165, 1.54) is 0 Å². The fraction of sp³-hybridized carbons (Fsp3) is 0.300. The van der Waals surface area contributed by atoms with Gasteiger partial charge in [-0.15, -0.1) is 0 Å². The molecule has 2 aromatic carbocycles. The molecule has 2 amide bonds. The lowest BCUT2D eigenvalue weighted by atomic mass is 9.96. The average Bonchev–Trinajstić information content (AvgIpc) is 2.53. The highest BCUT2D eigenvalue weighted by atomic mass is 16.5. The molecule has 0 aliphatic rings. The molecule has 132 valence electrons. The smallest absolute Gasteiger partial charge is 0.243 e. The molecule has 2 rings (SSSR count). The number of aryl methyl sites for hydroxylation is 1. The highest BCUT2D eigenvalue weighted by Crippen LogP contribution is 2.23. The van der Waals surface area contributed by atoms with Crippen LogP contribution in [0.2, 0.25) is 0 Å². The summed E-state index contributed by atoms with van der Waals surface area (Å²) in [5.74, 6) is 1.01. The summed E-state index contributed by atoms with van der Waals surface area (Å²) in [5.41, 5.74) is 1.25. The standard InChI is InChI=1S/C20H24N2O3/c1-14-6-5-7-17(12-14)25-16-10-8-15(9-11-16)22-18(23)13-21-19(24)20(2,3)4/h5-12H,13H2,1-4H3,(H,21,24)(H,22,23). The van der Waals surface area contributed by atoms with Crippen LogP contribution in [-0.4, -0.2) is 18.4 Å². The Morgan fingerprint density at radius 3 is 2.28 bits per heavy atom. The quantitative estimate of drug-likeness (QED) is 0.868. The molecule has 2 aromatic rings. The van der Waals surface area contributed by atoms with Gasteiger partial charge in [-0.05, 0) is 48.9 Å². The van der Waals surface area contributed by atoms with E-state index in [0.29, 0.717) is 11.4 Å². The number of nitrogens with one attached hydrogen (secondary N) is 2. The first-order valence-electron chi connectivity index (χ1n) is 8.17. The van der Waals surface area contributed by atoms with E-state index in [0.717, 1.165) is 11.3 Å². The van der Waals surface area contributed by atoms with Crippen molar-refractivity contribution >= 4 is 17.5 Å². The third-order valence-corrected chi connectivity index (χ3v) is 3.45. The van der Waals surface area contributed by atoms with Crippen LogP contribution in [0.1, 0.15) is 26.3 Å². The second-order valence-electron chi connectivity index (χ2n) is 6.92. The molecule has 0 aliphatic heterocycles. The predicted octanol–water partition coefficient (Wildman–Crippen LogP) is 3.89. The van der Waals surface area contributed by atoms with Crippen molar-refractivity contribution in [2.45, 2.75) is 27.7 Å². The first kappa shape index (κ1) is 18.5. The fourth-order valence-electron chi connectivity index (χ4n) is 2.05. The van der Waals surface area contributed by atoms with E-state index in [-0.39, 0.29) is 18.4 Å². The van der Waals surface area contributed by atoms with Crippen molar-refractivity contribution in [2.75, 3.05) is 11.9 Å². The van der Waals surface area contributed by atoms with Crippen LogP contribution in [0.3, 0.4) is 0 Å². The van der Waals surface area contributed by atoms with E-state index in [9.17, 15) is 9.59 Å². The molecule has 0 bridgehead atoms. The maximum Gasteiger partial charge on any atom is 0.243 e. The van der Waals surface area contributed by atoms with Crippen molar-refractivity contribution < 1.29 is 14.3 Å². The predicted molar refractivity (Wildman–Crippen MR) is 98.8 cm³/mol. The Bertz CT molecular complexity index is 746. The monoisotopic (exact) mass is 340 g/mol. The molecule has 0 saturated carbocycles. The number of rotatable bonds is 5. The summed E-state index contributed by atoms with van der Waals surface area (Å²) in [5, 5.41) is 5.36. The van der Waals surface area contributed by atoms with Crippen LogP contribution in [0.4, 0.5) is 5.69 Å². The van der Waals surface area contributed by atoms with Gasteiger partial charge < -0.3 is 15.4 Å². The topological polar surface area (TPSA) is 67.4 Å². The third-order valence-electron chi connectivity index (χ3n) is 3.45. The first-order chi connectivity index (χ1) is 11.7.